The third-order valence-electron chi connectivity index (χ3n) is 6.02. The van der Waals surface area contributed by atoms with Crippen LogP contribution in [0.4, 0.5) is 13.2 Å². The first kappa shape index (κ1) is 25.3. The molecule has 2 aromatic carbocycles. The van der Waals surface area contributed by atoms with Crippen LogP contribution < -0.4 is 5.32 Å². The van der Waals surface area contributed by atoms with E-state index in [4.69, 9.17) is 0 Å². The maximum absolute atomic E-state index is 13.4. The molecule has 1 saturated heterocycles. The number of carbonyl (C=O) groups is 3. The van der Waals surface area contributed by atoms with Crippen LogP contribution in [0.15, 0.2) is 42.5 Å². The molecule has 1 atom stereocenters. The van der Waals surface area contributed by atoms with Crippen LogP contribution in [-0.4, -0.2) is 46.9 Å². The zero-order valence-electron chi connectivity index (χ0n) is 18.6. The highest BCUT2D eigenvalue weighted by atomic mass is 19.2. The molecule has 0 bridgehead atoms. The number of nitrogens with one attached hydrogen (secondary N) is 1. The second-order valence-electron chi connectivity index (χ2n) is 8.57. The molecule has 0 spiro atoms. The average Bonchev–Trinajstić information content (AvgIpc) is 2.80. The Bertz CT molecular complexity index is 1040. The lowest BCUT2D eigenvalue weighted by molar-refractivity contribution is -0.142. The van der Waals surface area contributed by atoms with E-state index in [0.29, 0.717) is 32.4 Å². The van der Waals surface area contributed by atoms with Crippen molar-refractivity contribution in [3.63, 3.8) is 0 Å². The summed E-state index contributed by atoms with van der Waals surface area (Å²) in [7, 11) is 0. The van der Waals surface area contributed by atoms with Crippen LogP contribution in [0, 0.1) is 23.4 Å². The topological polar surface area (TPSA) is 86.7 Å². The molecule has 2 amide bonds. The minimum absolute atomic E-state index is 0.00461. The van der Waals surface area contributed by atoms with Crippen LogP contribution >= 0.6 is 0 Å². The SMILES string of the molecule is O=C(CC1CCN(C(=O)CCc2cccc(F)c2)CC1)N[C@@H](Cc1ccc(F)c(F)c1)C(=O)O. The molecule has 34 heavy (non-hydrogen) atoms. The standard InChI is InChI=1S/C25H27F3N2O4/c26-19-3-1-2-16(12-19)5-7-24(32)30-10-8-17(9-11-30)15-23(31)29-22(25(33)34)14-18-4-6-20(27)21(28)13-18/h1-4,6,12-13,17,22H,5,7-11,14-15H2,(H,29,31)(H,33,34)/t22-/m0/s1. The number of amides is 2. The van der Waals surface area contributed by atoms with Gasteiger partial charge in [-0.2, -0.15) is 0 Å². The summed E-state index contributed by atoms with van der Waals surface area (Å²) >= 11 is 0. The lowest BCUT2D eigenvalue weighted by atomic mass is 9.92. The number of nitrogens with zero attached hydrogens (tertiary/aromatic N) is 1. The largest absolute Gasteiger partial charge is 0.480 e. The van der Waals surface area contributed by atoms with Gasteiger partial charge in [0.15, 0.2) is 11.6 Å². The van der Waals surface area contributed by atoms with Crippen molar-refractivity contribution in [2.24, 2.45) is 5.92 Å². The van der Waals surface area contributed by atoms with Gasteiger partial charge in [-0.15, -0.1) is 0 Å². The molecule has 0 unspecified atom stereocenters. The lowest BCUT2D eigenvalue weighted by Crippen LogP contribution is -2.44. The Kier molecular flexibility index (Phi) is 8.67. The van der Waals surface area contributed by atoms with Crippen molar-refractivity contribution in [1.82, 2.24) is 10.2 Å². The number of likely N-dealkylation sites (tertiary alicyclic amines) is 1. The fourth-order valence-electron chi connectivity index (χ4n) is 4.11. The molecule has 1 aliphatic heterocycles. The molecule has 1 fully saturated rings. The molecule has 1 heterocycles. The molecule has 0 saturated carbocycles. The van der Waals surface area contributed by atoms with Crippen LogP contribution in [0.5, 0.6) is 0 Å². The van der Waals surface area contributed by atoms with Gasteiger partial charge in [0.05, 0.1) is 0 Å². The highest BCUT2D eigenvalue weighted by Crippen LogP contribution is 2.22. The molecule has 9 heteroatoms. The first-order valence-electron chi connectivity index (χ1n) is 11.2. The van der Waals surface area contributed by atoms with Gasteiger partial charge in [-0.3, -0.25) is 9.59 Å². The third kappa shape index (κ3) is 7.33. The van der Waals surface area contributed by atoms with E-state index in [2.05, 4.69) is 5.32 Å². The van der Waals surface area contributed by atoms with Crippen LogP contribution in [-0.2, 0) is 27.2 Å². The molecule has 0 aromatic heterocycles. The number of hydrogen-bond donors (Lipinski definition) is 2. The van der Waals surface area contributed by atoms with Crippen LogP contribution in [0.3, 0.4) is 0 Å². The van der Waals surface area contributed by atoms with Gasteiger partial charge in [0, 0.05) is 32.4 Å². The van der Waals surface area contributed by atoms with Crippen molar-refractivity contribution in [3.05, 3.63) is 71.0 Å². The maximum atomic E-state index is 13.4. The van der Waals surface area contributed by atoms with Crippen LogP contribution in [0.25, 0.3) is 0 Å². The Morgan fingerprint density at radius 2 is 1.74 bits per heavy atom. The van der Waals surface area contributed by atoms with Crippen molar-refractivity contribution in [1.29, 1.82) is 0 Å². The number of aliphatic carboxylic acids is 1. The summed E-state index contributed by atoms with van der Waals surface area (Å²) in [4.78, 5) is 38.2. The fraction of sp³-hybridized carbons (Fsp3) is 0.400. The molecule has 3 rings (SSSR count). The number of hydrogen-bond acceptors (Lipinski definition) is 3. The number of carbonyl (C=O) groups excluding carboxylic acids is 2. The first-order chi connectivity index (χ1) is 16.2. The van der Waals surface area contributed by atoms with Gasteiger partial charge >= 0.3 is 5.97 Å². The summed E-state index contributed by atoms with van der Waals surface area (Å²) in [6, 6.07) is 8.00. The van der Waals surface area contributed by atoms with E-state index >= 15 is 0 Å². The number of benzene rings is 2. The van der Waals surface area contributed by atoms with Crippen LogP contribution in [0.1, 0.15) is 36.8 Å². The maximum Gasteiger partial charge on any atom is 0.326 e. The van der Waals surface area contributed by atoms with Crippen molar-refractivity contribution in [2.75, 3.05) is 13.1 Å². The summed E-state index contributed by atoms with van der Waals surface area (Å²) in [5, 5.41) is 11.9. The zero-order chi connectivity index (χ0) is 24.7. The van der Waals surface area contributed by atoms with Gasteiger partial charge in [0.1, 0.15) is 11.9 Å². The number of aryl methyl sites for hydroxylation is 1. The van der Waals surface area contributed by atoms with Gasteiger partial charge < -0.3 is 15.3 Å². The molecule has 2 N–H and O–H groups in total. The second-order valence-corrected chi connectivity index (χ2v) is 8.57. The van der Waals surface area contributed by atoms with Gasteiger partial charge in [0.2, 0.25) is 11.8 Å². The summed E-state index contributed by atoms with van der Waals surface area (Å²) in [6.45, 7) is 0.994. The molecule has 1 aliphatic rings. The Balaban J connectivity index is 1.43. The monoisotopic (exact) mass is 476 g/mol. The van der Waals surface area contributed by atoms with E-state index in [1.807, 2.05) is 0 Å². The highest BCUT2D eigenvalue weighted by Gasteiger charge is 2.26. The number of carboxylic acids is 1. The van der Waals surface area contributed by atoms with Crippen molar-refractivity contribution < 1.29 is 32.7 Å². The molecule has 0 radical (unpaired) electrons. The first-order valence-corrected chi connectivity index (χ1v) is 11.2. The fourth-order valence-corrected chi connectivity index (χ4v) is 4.11. The summed E-state index contributed by atoms with van der Waals surface area (Å²) in [6.07, 6.45) is 1.90. The molecule has 0 aliphatic carbocycles. The van der Waals surface area contributed by atoms with Crippen molar-refractivity contribution in [3.8, 4) is 0 Å². The van der Waals surface area contributed by atoms with Gasteiger partial charge in [-0.1, -0.05) is 18.2 Å². The van der Waals surface area contributed by atoms with Crippen LogP contribution in [0.2, 0.25) is 0 Å². The quantitative estimate of drug-likeness (QED) is 0.580. The summed E-state index contributed by atoms with van der Waals surface area (Å²) in [5.74, 6) is -4.17. The molecule has 6 nitrogen and oxygen atoms in total. The van der Waals surface area contributed by atoms with E-state index in [1.54, 1.807) is 17.0 Å². The second kappa shape index (κ2) is 11.7. The van der Waals surface area contributed by atoms with Gasteiger partial charge in [-0.05, 0) is 60.6 Å². The van der Waals surface area contributed by atoms with E-state index < -0.39 is 29.6 Å². The minimum Gasteiger partial charge on any atom is -0.480 e. The predicted molar refractivity (Wildman–Crippen MR) is 118 cm³/mol. The van der Waals surface area contributed by atoms with E-state index in [9.17, 15) is 32.7 Å². The third-order valence-corrected chi connectivity index (χ3v) is 6.02. The normalized spacial score (nSPS) is 15.1. The van der Waals surface area contributed by atoms with Gasteiger partial charge in [0.25, 0.3) is 0 Å². The van der Waals surface area contributed by atoms with Gasteiger partial charge in [-0.25, -0.2) is 18.0 Å². The zero-order valence-corrected chi connectivity index (χ0v) is 18.6. The van der Waals surface area contributed by atoms with Crippen molar-refractivity contribution >= 4 is 17.8 Å². The minimum atomic E-state index is -1.27. The Labute approximate surface area is 195 Å². The smallest absolute Gasteiger partial charge is 0.326 e. The summed E-state index contributed by atoms with van der Waals surface area (Å²) in [5.41, 5.74) is 1.02. The number of piperidine rings is 1. The average molecular weight is 476 g/mol. The summed E-state index contributed by atoms with van der Waals surface area (Å²) < 4.78 is 39.7. The highest BCUT2D eigenvalue weighted by molar-refractivity contribution is 5.84. The number of halogens is 3. The number of carboxylic acid groups (broad SMARTS) is 1. The Morgan fingerprint density at radius 1 is 1.00 bits per heavy atom. The molecular formula is C25H27F3N2O4. The predicted octanol–water partition coefficient (Wildman–Crippen LogP) is 3.48. The van der Waals surface area contributed by atoms with Crippen molar-refractivity contribution in [2.45, 2.75) is 44.6 Å². The number of rotatable bonds is 9. The Hall–Kier alpha value is -3.36. The van der Waals surface area contributed by atoms with E-state index in [1.165, 1.54) is 18.2 Å². The van der Waals surface area contributed by atoms with E-state index in [0.717, 1.165) is 17.7 Å². The van der Waals surface area contributed by atoms with E-state index in [-0.39, 0.29) is 42.5 Å². The molecule has 2 aromatic rings. The molecule has 182 valence electrons. The Morgan fingerprint density at radius 3 is 2.38 bits per heavy atom. The molecular weight excluding hydrogens is 449 g/mol. The lowest BCUT2D eigenvalue weighted by Gasteiger charge is -2.32.